The molecule has 0 atom stereocenters. The zero-order valence-electron chi connectivity index (χ0n) is 16.8. The van der Waals surface area contributed by atoms with Crippen molar-refractivity contribution in [2.75, 3.05) is 27.2 Å². The molecule has 0 saturated carbocycles. The summed E-state index contributed by atoms with van der Waals surface area (Å²) in [6.45, 7) is 1.01. The molecule has 30 heavy (non-hydrogen) atoms. The van der Waals surface area contributed by atoms with Crippen molar-refractivity contribution >= 4 is 33.0 Å². The molecule has 0 radical (unpaired) electrons. The van der Waals surface area contributed by atoms with Crippen molar-refractivity contribution in [3.8, 4) is 5.69 Å². The molecule has 1 saturated heterocycles. The first kappa shape index (κ1) is 20.5. The number of piperidine rings is 1. The smallest absolute Gasteiger partial charge is 0.319 e. The SMILES string of the molecule is CN(C)C(=O)N1CCC(O)(Cn2cnc3c(cnn3-c3cccc(Br)c3)c2=O)CC1. The number of rotatable bonds is 3. The Labute approximate surface area is 181 Å². The number of aromatic nitrogens is 4. The van der Waals surface area contributed by atoms with Crippen molar-refractivity contribution in [2.24, 2.45) is 0 Å². The van der Waals surface area contributed by atoms with Gasteiger partial charge in [-0.05, 0) is 31.0 Å². The van der Waals surface area contributed by atoms with Gasteiger partial charge in [-0.25, -0.2) is 14.5 Å². The number of urea groups is 1. The fourth-order valence-corrected chi connectivity index (χ4v) is 4.12. The summed E-state index contributed by atoms with van der Waals surface area (Å²) >= 11 is 3.44. The average molecular weight is 475 g/mol. The van der Waals surface area contributed by atoms with Gasteiger partial charge in [0, 0.05) is 31.7 Å². The van der Waals surface area contributed by atoms with Gasteiger partial charge < -0.3 is 14.9 Å². The summed E-state index contributed by atoms with van der Waals surface area (Å²) < 4.78 is 3.95. The number of hydrogen-bond donors (Lipinski definition) is 1. The van der Waals surface area contributed by atoms with E-state index in [9.17, 15) is 14.7 Å². The lowest BCUT2D eigenvalue weighted by molar-refractivity contribution is -0.0282. The standard InChI is InChI=1S/C20H23BrN6O3/c1-24(2)19(29)25-8-6-20(30,7-9-25)12-26-13-22-17-16(18(26)28)11-23-27(17)15-5-3-4-14(21)10-15/h3-5,10-11,13,30H,6-9,12H2,1-2H3. The number of halogens is 1. The molecule has 4 rings (SSSR count). The van der Waals surface area contributed by atoms with Crippen molar-refractivity contribution in [1.29, 1.82) is 0 Å². The lowest BCUT2D eigenvalue weighted by atomic mass is 9.91. The number of carbonyl (C=O) groups is 1. The van der Waals surface area contributed by atoms with Crippen molar-refractivity contribution in [2.45, 2.75) is 25.0 Å². The van der Waals surface area contributed by atoms with Crippen LogP contribution in [-0.2, 0) is 6.54 Å². The fraction of sp³-hybridized carbons (Fsp3) is 0.400. The maximum atomic E-state index is 13.0. The first-order valence-corrected chi connectivity index (χ1v) is 10.4. The van der Waals surface area contributed by atoms with Gasteiger partial charge in [0.05, 0.1) is 24.0 Å². The molecule has 0 aliphatic carbocycles. The van der Waals surface area contributed by atoms with Gasteiger partial charge in [-0.2, -0.15) is 5.10 Å². The highest BCUT2D eigenvalue weighted by atomic mass is 79.9. The van der Waals surface area contributed by atoms with E-state index in [1.54, 1.807) is 23.7 Å². The van der Waals surface area contributed by atoms with Gasteiger partial charge in [0.15, 0.2) is 5.65 Å². The average Bonchev–Trinajstić information content (AvgIpc) is 3.15. The largest absolute Gasteiger partial charge is 0.388 e. The van der Waals surface area contributed by atoms with Gasteiger partial charge in [-0.3, -0.25) is 9.36 Å². The Morgan fingerprint density at radius 3 is 2.70 bits per heavy atom. The molecule has 158 valence electrons. The summed E-state index contributed by atoms with van der Waals surface area (Å²) in [5.74, 6) is 0. The van der Waals surface area contributed by atoms with Crippen LogP contribution in [-0.4, -0.2) is 73.1 Å². The minimum Gasteiger partial charge on any atom is -0.388 e. The minimum atomic E-state index is -1.07. The number of carbonyl (C=O) groups excluding carboxylic acids is 1. The summed E-state index contributed by atoms with van der Waals surface area (Å²) in [6.07, 6.45) is 3.75. The first-order valence-electron chi connectivity index (χ1n) is 9.65. The van der Waals surface area contributed by atoms with Crippen LogP contribution in [0.5, 0.6) is 0 Å². The molecule has 1 fully saturated rings. The molecule has 0 bridgehead atoms. The van der Waals surface area contributed by atoms with Gasteiger partial charge >= 0.3 is 6.03 Å². The van der Waals surface area contributed by atoms with Crippen LogP contribution in [0.1, 0.15) is 12.8 Å². The van der Waals surface area contributed by atoms with Crippen LogP contribution in [0.3, 0.4) is 0 Å². The van der Waals surface area contributed by atoms with E-state index in [2.05, 4.69) is 26.0 Å². The second kappa shape index (κ2) is 7.84. The van der Waals surface area contributed by atoms with Crippen LogP contribution in [0.2, 0.25) is 0 Å². The molecular formula is C20H23BrN6O3. The van der Waals surface area contributed by atoms with Gasteiger partial charge in [-0.1, -0.05) is 22.0 Å². The predicted octanol–water partition coefficient (Wildman–Crippen LogP) is 1.85. The normalized spacial score (nSPS) is 16.1. The van der Waals surface area contributed by atoms with E-state index in [1.165, 1.54) is 22.0 Å². The monoisotopic (exact) mass is 474 g/mol. The van der Waals surface area contributed by atoms with Crippen molar-refractivity contribution in [3.63, 3.8) is 0 Å². The Morgan fingerprint density at radius 2 is 2.03 bits per heavy atom. The third-order valence-electron chi connectivity index (χ3n) is 5.42. The first-order chi connectivity index (χ1) is 14.3. The summed E-state index contributed by atoms with van der Waals surface area (Å²) in [5.41, 5.74) is -0.0578. The zero-order valence-corrected chi connectivity index (χ0v) is 18.4. The molecule has 1 N–H and O–H groups in total. The summed E-state index contributed by atoms with van der Waals surface area (Å²) in [7, 11) is 3.41. The number of benzene rings is 1. The predicted molar refractivity (Wildman–Crippen MR) is 116 cm³/mol. The van der Waals surface area contributed by atoms with Crippen molar-refractivity contribution < 1.29 is 9.90 Å². The third-order valence-corrected chi connectivity index (χ3v) is 5.91. The van der Waals surface area contributed by atoms with Crippen LogP contribution in [0, 0.1) is 0 Å². The summed E-state index contributed by atoms with van der Waals surface area (Å²) in [5, 5.41) is 15.7. The Kier molecular flexibility index (Phi) is 5.37. The van der Waals surface area contributed by atoms with Crippen LogP contribution in [0.4, 0.5) is 4.79 Å². The van der Waals surface area contributed by atoms with Crippen LogP contribution < -0.4 is 5.56 Å². The Hall–Kier alpha value is -2.72. The second-order valence-corrected chi connectivity index (χ2v) is 8.76. The number of fused-ring (bicyclic) bond motifs is 1. The van der Waals surface area contributed by atoms with Crippen LogP contribution in [0.15, 0.2) is 46.1 Å². The zero-order chi connectivity index (χ0) is 21.5. The van der Waals surface area contributed by atoms with E-state index in [0.29, 0.717) is 37.0 Å². The molecule has 3 aromatic rings. The van der Waals surface area contributed by atoms with E-state index < -0.39 is 5.60 Å². The number of likely N-dealkylation sites (tertiary alicyclic amines) is 1. The molecule has 10 heteroatoms. The molecule has 9 nitrogen and oxygen atoms in total. The van der Waals surface area contributed by atoms with Crippen LogP contribution >= 0.6 is 15.9 Å². The lowest BCUT2D eigenvalue weighted by Crippen LogP contribution is -2.51. The minimum absolute atomic E-state index is 0.0720. The number of hydrogen-bond acceptors (Lipinski definition) is 5. The maximum absolute atomic E-state index is 13.0. The molecule has 3 heterocycles. The summed E-state index contributed by atoms with van der Waals surface area (Å²) in [4.78, 5) is 32.8. The van der Waals surface area contributed by atoms with Gasteiger partial charge in [-0.15, -0.1) is 0 Å². The van der Waals surface area contributed by atoms with Crippen molar-refractivity contribution in [3.05, 3.63) is 51.6 Å². The second-order valence-electron chi connectivity index (χ2n) is 7.84. The molecule has 1 aromatic carbocycles. The molecule has 2 aromatic heterocycles. The van der Waals surface area contributed by atoms with Gasteiger partial charge in [0.2, 0.25) is 0 Å². The van der Waals surface area contributed by atoms with E-state index in [4.69, 9.17) is 0 Å². The molecule has 1 aliphatic heterocycles. The van der Waals surface area contributed by atoms with E-state index in [-0.39, 0.29) is 18.1 Å². The third kappa shape index (κ3) is 3.84. The molecule has 0 spiro atoms. The molecular weight excluding hydrogens is 452 g/mol. The molecule has 2 amide bonds. The highest BCUT2D eigenvalue weighted by Gasteiger charge is 2.35. The quantitative estimate of drug-likeness (QED) is 0.624. The highest BCUT2D eigenvalue weighted by Crippen LogP contribution is 2.25. The van der Waals surface area contributed by atoms with E-state index >= 15 is 0 Å². The Balaban J connectivity index is 1.57. The highest BCUT2D eigenvalue weighted by molar-refractivity contribution is 9.10. The maximum Gasteiger partial charge on any atom is 0.319 e. The van der Waals surface area contributed by atoms with Crippen molar-refractivity contribution in [1.82, 2.24) is 29.1 Å². The lowest BCUT2D eigenvalue weighted by Gasteiger charge is -2.39. The topological polar surface area (TPSA) is 96.5 Å². The van der Waals surface area contributed by atoms with E-state index in [0.717, 1.165) is 10.2 Å². The Bertz CT molecular complexity index is 1150. The van der Waals surface area contributed by atoms with Gasteiger partial charge in [0.25, 0.3) is 5.56 Å². The van der Waals surface area contributed by atoms with Gasteiger partial charge in [0.1, 0.15) is 11.7 Å². The number of nitrogens with zero attached hydrogens (tertiary/aromatic N) is 6. The summed E-state index contributed by atoms with van der Waals surface area (Å²) in [6, 6.07) is 7.50. The fourth-order valence-electron chi connectivity index (χ4n) is 3.73. The molecule has 1 aliphatic rings. The molecule has 0 unspecified atom stereocenters. The number of amides is 2. The van der Waals surface area contributed by atoms with Crippen LogP contribution in [0.25, 0.3) is 16.7 Å². The van der Waals surface area contributed by atoms with E-state index in [1.807, 2.05) is 24.3 Å². The Morgan fingerprint density at radius 1 is 1.30 bits per heavy atom. The number of aliphatic hydroxyl groups is 1.